The SMILES string of the molecule is Cc1ccnc(NC(=O)c2cnn(C)c2C(=O)O)c1. The van der Waals surface area contributed by atoms with E-state index in [-0.39, 0.29) is 11.3 Å². The Morgan fingerprint density at radius 1 is 1.42 bits per heavy atom. The molecule has 0 radical (unpaired) electrons. The lowest BCUT2D eigenvalue weighted by Gasteiger charge is -2.04. The number of hydrogen-bond donors (Lipinski definition) is 2. The molecule has 0 atom stereocenters. The molecule has 0 aliphatic carbocycles. The number of carboxylic acid groups (broad SMARTS) is 1. The van der Waals surface area contributed by atoms with Crippen molar-refractivity contribution in [2.45, 2.75) is 6.92 Å². The molecule has 0 aliphatic heterocycles. The third kappa shape index (κ3) is 2.59. The number of aromatic carboxylic acids is 1. The van der Waals surface area contributed by atoms with Gasteiger partial charge < -0.3 is 10.4 Å². The average Bonchev–Trinajstić information content (AvgIpc) is 2.71. The van der Waals surface area contributed by atoms with Gasteiger partial charge in [-0.05, 0) is 24.6 Å². The van der Waals surface area contributed by atoms with Crippen LogP contribution >= 0.6 is 0 Å². The number of rotatable bonds is 3. The van der Waals surface area contributed by atoms with Gasteiger partial charge in [-0.2, -0.15) is 5.10 Å². The van der Waals surface area contributed by atoms with Crippen LogP contribution < -0.4 is 5.32 Å². The molecule has 0 bridgehead atoms. The van der Waals surface area contributed by atoms with E-state index in [0.29, 0.717) is 5.82 Å². The molecule has 2 aromatic heterocycles. The summed E-state index contributed by atoms with van der Waals surface area (Å²) in [6, 6.07) is 3.48. The molecule has 0 unspecified atom stereocenters. The summed E-state index contributed by atoms with van der Waals surface area (Å²) in [7, 11) is 1.46. The number of hydrogen-bond acceptors (Lipinski definition) is 4. The maximum Gasteiger partial charge on any atom is 0.354 e. The lowest BCUT2D eigenvalue weighted by Crippen LogP contribution is -2.17. The maximum absolute atomic E-state index is 12.0. The van der Waals surface area contributed by atoms with Crippen molar-refractivity contribution in [3.05, 3.63) is 41.3 Å². The van der Waals surface area contributed by atoms with Crippen LogP contribution in [0.5, 0.6) is 0 Å². The van der Waals surface area contributed by atoms with Crippen LogP contribution in [0.3, 0.4) is 0 Å². The molecule has 0 saturated heterocycles. The van der Waals surface area contributed by atoms with Gasteiger partial charge in [0, 0.05) is 13.2 Å². The number of carboxylic acids is 1. The van der Waals surface area contributed by atoms with Gasteiger partial charge >= 0.3 is 5.97 Å². The Morgan fingerprint density at radius 2 is 2.16 bits per heavy atom. The van der Waals surface area contributed by atoms with Crippen molar-refractivity contribution in [1.29, 1.82) is 0 Å². The summed E-state index contributed by atoms with van der Waals surface area (Å²) in [5, 5.41) is 15.4. The molecule has 0 spiro atoms. The van der Waals surface area contributed by atoms with Gasteiger partial charge in [-0.1, -0.05) is 0 Å². The second-order valence-corrected chi connectivity index (χ2v) is 4.01. The number of pyridine rings is 1. The van der Waals surface area contributed by atoms with Crippen molar-refractivity contribution >= 4 is 17.7 Å². The normalized spacial score (nSPS) is 10.2. The number of anilines is 1. The summed E-state index contributed by atoms with van der Waals surface area (Å²) in [6.45, 7) is 1.87. The topological polar surface area (TPSA) is 97.1 Å². The minimum Gasteiger partial charge on any atom is -0.477 e. The monoisotopic (exact) mass is 260 g/mol. The standard InChI is InChI=1S/C12H12N4O3/c1-7-3-4-13-9(5-7)15-11(17)8-6-14-16(2)10(8)12(18)19/h3-6H,1-2H3,(H,18,19)(H,13,15,17). The van der Waals surface area contributed by atoms with Crippen LogP contribution in [0.1, 0.15) is 26.4 Å². The van der Waals surface area contributed by atoms with Crippen molar-refractivity contribution in [3.8, 4) is 0 Å². The third-order valence-electron chi connectivity index (χ3n) is 2.54. The molecule has 0 saturated carbocycles. The molecule has 2 heterocycles. The zero-order valence-electron chi connectivity index (χ0n) is 10.4. The van der Waals surface area contributed by atoms with E-state index in [1.807, 2.05) is 6.92 Å². The first kappa shape index (κ1) is 12.7. The van der Waals surface area contributed by atoms with Gasteiger partial charge in [-0.3, -0.25) is 9.48 Å². The summed E-state index contributed by atoms with van der Waals surface area (Å²) >= 11 is 0. The Labute approximate surface area is 108 Å². The number of aromatic nitrogens is 3. The van der Waals surface area contributed by atoms with Crippen molar-refractivity contribution in [2.75, 3.05) is 5.32 Å². The number of carbonyl (C=O) groups is 2. The molecule has 0 fully saturated rings. The zero-order chi connectivity index (χ0) is 14.0. The van der Waals surface area contributed by atoms with E-state index in [1.54, 1.807) is 18.3 Å². The lowest BCUT2D eigenvalue weighted by atomic mass is 10.2. The predicted octanol–water partition coefficient (Wildman–Crippen LogP) is 1.07. The number of carbonyl (C=O) groups excluding carboxylic acids is 1. The Morgan fingerprint density at radius 3 is 2.79 bits per heavy atom. The van der Waals surface area contributed by atoms with E-state index >= 15 is 0 Å². The van der Waals surface area contributed by atoms with Crippen molar-refractivity contribution in [2.24, 2.45) is 7.05 Å². The van der Waals surface area contributed by atoms with Gasteiger partial charge in [0.2, 0.25) is 0 Å². The Bertz CT molecular complexity index is 648. The molecule has 0 aromatic carbocycles. The van der Waals surface area contributed by atoms with Gasteiger partial charge in [0.15, 0.2) is 5.69 Å². The van der Waals surface area contributed by atoms with Crippen LogP contribution in [-0.4, -0.2) is 31.7 Å². The molecular formula is C12H12N4O3. The molecule has 1 amide bonds. The Kier molecular flexibility index (Phi) is 3.28. The number of nitrogens with zero attached hydrogens (tertiary/aromatic N) is 3. The van der Waals surface area contributed by atoms with Crippen LogP contribution in [0.4, 0.5) is 5.82 Å². The summed E-state index contributed by atoms with van der Waals surface area (Å²) in [5.41, 5.74) is 0.776. The van der Waals surface area contributed by atoms with Crippen molar-refractivity contribution < 1.29 is 14.7 Å². The largest absolute Gasteiger partial charge is 0.477 e. The van der Waals surface area contributed by atoms with Gasteiger partial charge in [-0.15, -0.1) is 0 Å². The number of aryl methyl sites for hydroxylation is 2. The quantitative estimate of drug-likeness (QED) is 0.860. The maximum atomic E-state index is 12.0. The highest BCUT2D eigenvalue weighted by molar-refractivity contribution is 6.09. The second-order valence-electron chi connectivity index (χ2n) is 4.01. The van der Waals surface area contributed by atoms with E-state index in [4.69, 9.17) is 5.11 Å². The summed E-state index contributed by atoms with van der Waals surface area (Å²) in [6.07, 6.45) is 2.78. The van der Waals surface area contributed by atoms with Crippen LogP contribution in [0.15, 0.2) is 24.5 Å². The van der Waals surface area contributed by atoms with E-state index in [0.717, 1.165) is 10.2 Å². The van der Waals surface area contributed by atoms with Crippen molar-refractivity contribution in [3.63, 3.8) is 0 Å². The fourth-order valence-corrected chi connectivity index (χ4v) is 1.65. The molecule has 19 heavy (non-hydrogen) atoms. The van der Waals surface area contributed by atoms with Gasteiger partial charge in [0.25, 0.3) is 5.91 Å². The smallest absolute Gasteiger partial charge is 0.354 e. The molecule has 2 aromatic rings. The number of amides is 1. The highest BCUT2D eigenvalue weighted by Gasteiger charge is 2.21. The molecule has 98 valence electrons. The summed E-state index contributed by atoms with van der Waals surface area (Å²) in [5.74, 6) is -1.39. The molecular weight excluding hydrogens is 248 g/mol. The molecule has 0 aliphatic rings. The van der Waals surface area contributed by atoms with Crippen LogP contribution in [0.25, 0.3) is 0 Å². The van der Waals surface area contributed by atoms with Gasteiger partial charge in [0.1, 0.15) is 5.82 Å². The van der Waals surface area contributed by atoms with Crippen LogP contribution in [0, 0.1) is 6.92 Å². The first-order valence-electron chi connectivity index (χ1n) is 5.48. The first-order chi connectivity index (χ1) is 8.99. The Balaban J connectivity index is 2.28. The van der Waals surface area contributed by atoms with E-state index in [2.05, 4.69) is 15.4 Å². The fourth-order valence-electron chi connectivity index (χ4n) is 1.65. The molecule has 7 heteroatoms. The zero-order valence-corrected chi connectivity index (χ0v) is 10.4. The second kappa shape index (κ2) is 4.89. The van der Waals surface area contributed by atoms with Crippen LogP contribution in [-0.2, 0) is 7.05 Å². The first-order valence-corrected chi connectivity index (χ1v) is 5.48. The Hall–Kier alpha value is -2.70. The highest BCUT2D eigenvalue weighted by Crippen LogP contribution is 2.11. The minimum absolute atomic E-state index is 0.00157. The van der Waals surface area contributed by atoms with E-state index < -0.39 is 11.9 Å². The van der Waals surface area contributed by atoms with Crippen molar-refractivity contribution in [1.82, 2.24) is 14.8 Å². The minimum atomic E-state index is -1.21. The van der Waals surface area contributed by atoms with E-state index in [1.165, 1.54) is 13.2 Å². The highest BCUT2D eigenvalue weighted by atomic mass is 16.4. The lowest BCUT2D eigenvalue weighted by molar-refractivity contribution is 0.0680. The predicted molar refractivity (Wildman–Crippen MR) is 67.1 cm³/mol. The summed E-state index contributed by atoms with van der Waals surface area (Å²) < 4.78 is 1.14. The van der Waals surface area contributed by atoms with Crippen LogP contribution in [0.2, 0.25) is 0 Å². The van der Waals surface area contributed by atoms with Gasteiger partial charge in [-0.25, -0.2) is 9.78 Å². The van der Waals surface area contributed by atoms with E-state index in [9.17, 15) is 9.59 Å². The van der Waals surface area contributed by atoms with Gasteiger partial charge in [0.05, 0.1) is 11.8 Å². The molecule has 7 nitrogen and oxygen atoms in total. The molecule has 2 rings (SSSR count). The third-order valence-corrected chi connectivity index (χ3v) is 2.54. The molecule has 2 N–H and O–H groups in total. The number of nitrogens with one attached hydrogen (secondary N) is 1. The average molecular weight is 260 g/mol. The summed E-state index contributed by atoms with van der Waals surface area (Å²) in [4.78, 5) is 27.0. The fraction of sp³-hybridized carbons (Fsp3) is 0.167.